The van der Waals surface area contributed by atoms with Gasteiger partial charge in [-0.2, -0.15) is 0 Å². The highest BCUT2D eigenvalue weighted by Gasteiger charge is 2.11. The van der Waals surface area contributed by atoms with Gasteiger partial charge in [0.1, 0.15) is 0 Å². The van der Waals surface area contributed by atoms with Gasteiger partial charge in [0.05, 0.1) is 0 Å². The molecule has 2 nitrogen and oxygen atoms in total. The molecule has 0 saturated heterocycles. The first-order chi connectivity index (χ1) is 10.1. The zero-order valence-electron chi connectivity index (χ0n) is 12.6. The minimum atomic E-state index is 0.427. The Hall–Kier alpha value is -0.960. The average Bonchev–Trinajstić information content (AvgIpc) is 2.91. The van der Waals surface area contributed by atoms with Crippen molar-refractivity contribution in [2.24, 2.45) is 0 Å². The molecule has 0 aliphatic heterocycles. The maximum atomic E-state index is 6.23. The highest BCUT2D eigenvalue weighted by molar-refractivity contribution is 6.33. The normalized spacial score (nSPS) is 12.6. The first kappa shape index (κ1) is 16.4. The van der Waals surface area contributed by atoms with Crippen molar-refractivity contribution in [2.45, 2.75) is 39.3 Å². The number of rotatable bonds is 7. The summed E-state index contributed by atoms with van der Waals surface area (Å²) in [6.45, 7) is 6.08. The van der Waals surface area contributed by atoms with Gasteiger partial charge in [0, 0.05) is 35.0 Å². The lowest BCUT2D eigenvalue weighted by molar-refractivity contribution is 0.508. The van der Waals surface area contributed by atoms with Crippen LogP contribution in [0.15, 0.2) is 36.7 Å². The topological polar surface area (TPSA) is 17.0 Å². The van der Waals surface area contributed by atoms with Gasteiger partial charge in [-0.25, -0.2) is 0 Å². The Labute approximate surface area is 137 Å². The van der Waals surface area contributed by atoms with E-state index >= 15 is 0 Å². The highest BCUT2D eigenvalue weighted by Crippen LogP contribution is 2.23. The summed E-state index contributed by atoms with van der Waals surface area (Å²) in [5, 5.41) is 5.01. The second-order valence-corrected chi connectivity index (χ2v) is 6.10. The predicted molar refractivity (Wildman–Crippen MR) is 91.3 cm³/mol. The first-order valence-corrected chi connectivity index (χ1v) is 8.22. The fourth-order valence-electron chi connectivity index (χ4n) is 2.55. The molecule has 0 radical (unpaired) electrons. The number of nitrogens with one attached hydrogen (secondary N) is 1. The summed E-state index contributed by atoms with van der Waals surface area (Å²) in [5.74, 6) is 0. The number of nitrogens with zero attached hydrogens (tertiary/aromatic N) is 1. The first-order valence-electron chi connectivity index (χ1n) is 7.47. The van der Waals surface area contributed by atoms with Gasteiger partial charge in [-0.1, -0.05) is 43.5 Å². The zero-order valence-corrected chi connectivity index (χ0v) is 14.1. The molecule has 0 bridgehead atoms. The van der Waals surface area contributed by atoms with Crippen LogP contribution in [0.25, 0.3) is 0 Å². The Morgan fingerprint density at radius 3 is 2.71 bits per heavy atom. The van der Waals surface area contributed by atoms with Crippen molar-refractivity contribution in [3.63, 3.8) is 0 Å². The summed E-state index contributed by atoms with van der Waals surface area (Å²) >= 11 is 12.3. The molecule has 1 unspecified atom stereocenters. The number of halogens is 2. The van der Waals surface area contributed by atoms with Crippen LogP contribution in [0, 0.1) is 0 Å². The van der Waals surface area contributed by atoms with Gasteiger partial charge >= 0.3 is 0 Å². The molecule has 114 valence electrons. The number of hydrogen-bond donors (Lipinski definition) is 1. The molecular weight excluding hydrogens is 303 g/mol. The summed E-state index contributed by atoms with van der Waals surface area (Å²) in [4.78, 5) is 0. The summed E-state index contributed by atoms with van der Waals surface area (Å²) < 4.78 is 2.16. The summed E-state index contributed by atoms with van der Waals surface area (Å²) in [6.07, 6.45) is 6.62. The highest BCUT2D eigenvalue weighted by atomic mass is 35.5. The molecule has 21 heavy (non-hydrogen) atoms. The zero-order chi connectivity index (χ0) is 15.2. The van der Waals surface area contributed by atoms with Gasteiger partial charge in [-0.05, 0) is 48.4 Å². The van der Waals surface area contributed by atoms with Crippen LogP contribution in [0.1, 0.15) is 43.9 Å². The van der Waals surface area contributed by atoms with Gasteiger partial charge in [0.15, 0.2) is 0 Å². The molecule has 0 fully saturated rings. The van der Waals surface area contributed by atoms with Gasteiger partial charge in [0.2, 0.25) is 0 Å². The Kier molecular flexibility index (Phi) is 6.16. The standard InChI is InChI=1S/C17H22Cl2N2/c1-3-5-17(20-4-2)13-8-9-21(11-13)12-14-10-15(18)6-7-16(14)19/h6-11,17,20H,3-5,12H2,1-2H3. The van der Waals surface area contributed by atoms with Crippen LogP contribution < -0.4 is 5.32 Å². The average molecular weight is 325 g/mol. The van der Waals surface area contributed by atoms with Crippen LogP contribution in [0.2, 0.25) is 10.0 Å². The van der Waals surface area contributed by atoms with Crippen LogP contribution >= 0.6 is 23.2 Å². The van der Waals surface area contributed by atoms with Gasteiger partial charge < -0.3 is 9.88 Å². The van der Waals surface area contributed by atoms with Crippen molar-refractivity contribution in [3.8, 4) is 0 Å². The van der Waals surface area contributed by atoms with Crippen molar-refractivity contribution in [1.82, 2.24) is 9.88 Å². The van der Waals surface area contributed by atoms with E-state index in [4.69, 9.17) is 23.2 Å². The van der Waals surface area contributed by atoms with Crippen molar-refractivity contribution < 1.29 is 0 Å². The Bertz CT molecular complexity index is 572. The lowest BCUT2D eigenvalue weighted by atomic mass is 10.1. The number of benzene rings is 1. The molecule has 1 N–H and O–H groups in total. The number of hydrogen-bond acceptors (Lipinski definition) is 1. The molecule has 4 heteroatoms. The van der Waals surface area contributed by atoms with Crippen LogP contribution in [0.4, 0.5) is 0 Å². The van der Waals surface area contributed by atoms with E-state index in [0.29, 0.717) is 6.04 Å². The Morgan fingerprint density at radius 1 is 1.19 bits per heavy atom. The minimum Gasteiger partial charge on any atom is -0.350 e. The van der Waals surface area contributed by atoms with E-state index in [1.807, 2.05) is 18.2 Å². The molecule has 1 atom stereocenters. The third-order valence-electron chi connectivity index (χ3n) is 3.56. The van der Waals surface area contributed by atoms with Gasteiger partial charge in [0.25, 0.3) is 0 Å². The molecule has 0 aliphatic rings. The molecule has 2 rings (SSSR count). The Morgan fingerprint density at radius 2 is 2.00 bits per heavy atom. The molecule has 1 heterocycles. The molecular formula is C17H22Cl2N2. The molecule has 0 amide bonds. The SMILES string of the molecule is CCCC(NCC)c1ccn(Cc2cc(Cl)ccc2Cl)c1. The van der Waals surface area contributed by atoms with Crippen LogP contribution in [-0.2, 0) is 6.54 Å². The van der Waals surface area contributed by atoms with Crippen LogP contribution in [-0.4, -0.2) is 11.1 Å². The quantitative estimate of drug-likeness (QED) is 0.731. The summed E-state index contributed by atoms with van der Waals surface area (Å²) in [5.41, 5.74) is 2.37. The van der Waals surface area contributed by atoms with Gasteiger partial charge in [-0.15, -0.1) is 0 Å². The smallest absolute Gasteiger partial charge is 0.0485 e. The van der Waals surface area contributed by atoms with Gasteiger partial charge in [-0.3, -0.25) is 0 Å². The monoisotopic (exact) mass is 324 g/mol. The maximum Gasteiger partial charge on any atom is 0.0485 e. The van der Waals surface area contributed by atoms with Crippen molar-refractivity contribution in [3.05, 3.63) is 57.8 Å². The molecule has 0 aliphatic carbocycles. The van der Waals surface area contributed by atoms with Crippen molar-refractivity contribution in [2.75, 3.05) is 6.54 Å². The van der Waals surface area contributed by atoms with Crippen molar-refractivity contribution in [1.29, 1.82) is 0 Å². The van der Waals surface area contributed by atoms with Crippen LogP contribution in [0.5, 0.6) is 0 Å². The van der Waals surface area contributed by atoms with Crippen molar-refractivity contribution >= 4 is 23.2 Å². The third-order valence-corrected chi connectivity index (χ3v) is 4.17. The predicted octanol–water partition coefficient (Wildman–Crippen LogP) is 5.29. The second kappa shape index (κ2) is 7.88. The van der Waals surface area contributed by atoms with E-state index in [0.717, 1.165) is 35.1 Å². The summed E-state index contributed by atoms with van der Waals surface area (Å²) in [6, 6.07) is 8.20. The van der Waals surface area contributed by atoms with E-state index in [2.05, 4.69) is 42.2 Å². The van der Waals surface area contributed by atoms with E-state index < -0.39 is 0 Å². The minimum absolute atomic E-state index is 0.427. The maximum absolute atomic E-state index is 6.23. The van der Waals surface area contributed by atoms with E-state index in [1.54, 1.807) is 0 Å². The number of aromatic nitrogens is 1. The molecule has 0 spiro atoms. The summed E-state index contributed by atoms with van der Waals surface area (Å²) in [7, 11) is 0. The fraction of sp³-hybridized carbons (Fsp3) is 0.412. The largest absolute Gasteiger partial charge is 0.350 e. The lowest BCUT2D eigenvalue weighted by Gasteiger charge is -2.15. The molecule has 1 aromatic carbocycles. The van der Waals surface area contributed by atoms with E-state index in [1.165, 1.54) is 12.0 Å². The third kappa shape index (κ3) is 4.50. The fourth-order valence-corrected chi connectivity index (χ4v) is 2.92. The van der Waals surface area contributed by atoms with E-state index in [-0.39, 0.29) is 0 Å². The molecule has 0 saturated carbocycles. The molecule has 2 aromatic rings. The molecule has 1 aromatic heterocycles. The van der Waals surface area contributed by atoms with E-state index in [9.17, 15) is 0 Å². The second-order valence-electron chi connectivity index (χ2n) is 5.25. The van der Waals surface area contributed by atoms with Crippen LogP contribution in [0.3, 0.4) is 0 Å². The lowest BCUT2D eigenvalue weighted by Crippen LogP contribution is -2.20. The Balaban J connectivity index is 2.13.